The van der Waals surface area contributed by atoms with Gasteiger partial charge in [-0.2, -0.15) is 0 Å². The molecule has 1 amide bonds. The molecule has 0 unspecified atom stereocenters. The highest BCUT2D eigenvalue weighted by Gasteiger charge is 2.20. The van der Waals surface area contributed by atoms with Gasteiger partial charge in [-0.25, -0.2) is 0 Å². The Bertz CT molecular complexity index is 430. The summed E-state index contributed by atoms with van der Waals surface area (Å²) in [6, 6.07) is 7.81. The second-order valence-corrected chi connectivity index (χ2v) is 5.37. The summed E-state index contributed by atoms with van der Waals surface area (Å²) in [5.74, 6) is 0.852. The molecular formula is C16H24N2O2. The molecule has 1 fully saturated rings. The van der Waals surface area contributed by atoms with Crippen molar-refractivity contribution in [1.82, 2.24) is 5.32 Å². The van der Waals surface area contributed by atoms with Gasteiger partial charge in [-0.05, 0) is 36.3 Å². The Morgan fingerprint density at radius 1 is 1.30 bits per heavy atom. The molecule has 20 heavy (non-hydrogen) atoms. The number of carbonyl (C=O) groups excluding carboxylic acids is 1. The van der Waals surface area contributed by atoms with Crippen molar-refractivity contribution in [3.63, 3.8) is 0 Å². The zero-order valence-electron chi connectivity index (χ0n) is 11.9. The lowest BCUT2D eigenvalue weighted by atomic mass is 10.0. The fraction of sp³-hybridized carbons (Fsp3) is 0.562. The summed E-state index contributed by atoms with van der Waals surface area (Å²) in [5, 5.41) is 2.93. The first-order valence-corrected chi connectivity index (χ1v) is 7.41. The second kappa shape index (κ2) is 8.02. The van der Waals surface area contributed by atoms with Gasteiger partial charge in [0.25, 0.3) is 0 Å². The van der Waals surface area contributed by atoms with Gasteiger partial charge in [0.2, 0.25) is 5.91 Å². The molecule has 1 saturated carbocycles. The number of rotatable bonds is 9. The summed E-state index contributed by atoms with van der Waals surface area (Å²) in [6.45, 7) is 2.76. The molecule has 0 saturated heterocycles. The maximum Gasteiger partial charge on any atom is 0.224 e. The van der Waals surface area contributed by atoms with E-state index in [0.717, 1.165) is 36.7 Å². The molecule has 0 bridgehead atoms. The third kappa shape index (κ3) is 5.31. The van der Waals surface area contributed by atoms with Gasteiger partial charge in [0.15, 0.2) is 0 Å². The van der Waals surface area contributed by atoms with Crippen molar-refractivity contribution in [2.75, 3.05) is 19.8 Å². The van der Waals surface area contributed by atoms with E-state index in [1.54, 1.807) is 0 Å². The number of nitrogens with two attached hydrogens (primary N) is 1. The van der Waals surface area contributed by atoms with Gasteiger partial charge in [0, 0.05) is 26.3 Å². The minimum atomic E-state index is 0.0492. The summed E-state index contributed by atoms with van der Waals surface area (Å²) >= 11 is 0. The molecule has 0 aliphatic heterocycles. The lowest BCUT2D eigenvalue weighted by Gasteiger charge is -2.08. The maximum absolute atomic E-state index is 11.8. The fourth-order valence-electron chi connectivity index (χ4n) is 2.10. The number of ether oxygens (including phenoxy) is 1. The van der Waals surface area contributed by atoms with Crippen LogP contribution in [0.2, 0.25) is 0 Å². The van der Waals surface area contributed by atoms with Crippen molar-refractivity contribution < 1.29 is 9.53 Å². The van der Waals surface area contributed by atoms with E-state index < -0.39 is 0 Å². The summed E-state index contributed by atoms with van der Waals surface area (Å²) in [4.78, 5) is 11.8. The smallest absolute Gasteiger partial charge is 0.224 e. The van der Waals surface area contributed by atoms with Crippen molar-refractivity contribution in [1.29, 1.82) is 0 Å². The Morgan fingerprint density at radius 3 is 2.75 bits per heavy atom. The van der Waals surface area contributed by atoms with E-state index in [9.17, 15) is 4.79 Å². The van der Waals surface area contributed by atoms with E-state index in [1.807, 2.05) is 24.3 Å². The zero-order valence-corrected chi connectivity index (χ0v) is 11.9. The normalized spacial score (nSPS) is 14.2. The molecule has 1 aromatic carbocycles. The molecular weight excluding hydrogens is 252 g/mol. The quantitative estimate of drug-likeness (QED) is 0.674. The van der Waals surface area contributed by atoms with Gasteiger partial charge >= 0.3 is 0 Å². The molecule has 0 spiro atoms. The maximum atomic E-state index is 11.8. The highest BCUT2D eigenvalue weighted by atomic mass is 16.5. The first kappa shape index (κ1) is 15.0. The predicted octanol–water partition coefficient (Wildman–Crippen LogP) is 1.62. The summed E-state index contributed by atoms with van der Waals surface area (Å²) in [5.41, 5.74) is 7.71. The third-order valence-corrected chi connectivity index (χ3v) is 3.53. The van der Waals surface area contributed by atoms with Gasteiger partial charge in [0.05, 0.1) is 6.42 Å². The minimum absolute atomic E-state index is 0.0492. The van der Waals surface area contributed by atoms with Crippen LogP contribution < -0.4 is 11.1 Å². The lowest BCUT2D eigenvalue weighted by Crippen LogP contribution is -2.27. The Labute approximate surface area is 120 Å². The van der Waals surface area contributed by atoms with Crippen molar-refractivity contribution in [2.45, 2.75) is 32.2 Å². The Hall–Kier alpha value is -1.39. The molecule has 1 aliphatic rings. The van der Waals surface area contributed by atoms with Crippen molar-refractivity contribution in [2.24, 2.45) is 11.7 Å². The molecule has 1 aliphatic carbocycles. The predicted molar refractivity (Wildman–Crippen MR) is 79.2 cm³/mol. The molecule has 4 heteroatoms. The largest absolute Gasteiger partial charge is 0.381 e. The van der Waals surface area contributed by atoms with Crippen LogP contribution in [0.3, 0.4) is 0 Å². The Balaban J connectivity index is 1.59. The van der Waals surface area contributed by atoms with E-state index in [4.69, 9.17) is 10.5 Å². The molecule has 0 heterocycles. The van der Waals surface area contributed by atoms with Crippen LogP contribution in [0, 0.1) is 5.92 Å². The molecule has 0 radical (unpaired) electrons. The Kier molecular flexibility index (Phi) is 6.02. The monoisotopic (exact) mass is 276 g/mol. The zero-order chi connectivity index (χ0) is 14.2. The molecule has 0 aromatic heterocycles. The number of nitrogens with one attached hydrogen (secondary N) is 1. The van der Waals surface area contributed by atoms with Gasteiger partial charge < -0.3 is 15.8 Å². The molecule has 3 N–H and O–H groups in total. The first-order valence-electron chi connectivity index (χ1n) is 7.41. The molecule has 2 rings (SSSR count). The summed E-state index contributed by atoms with van der Waals surface area (Å²) in [7, 11) is 0. The van der Waals surface area contributed by atoms with Gasteiger partial charge in [-0.1, -0.05) is 24.3 Å². The van der Waals surface area contributed by atoms with Gasteiger partial charge in [-0.15, -0.1) is 0 Å². The van der Waals surface area contributed by atoms with Crippen molar-refractivity contribution in [3.05, 3.63) is 35.4 Å². The first-order chi connectivity index (χ1) is 9.79. The van der Waals surface area contributed by atoms with E-state index >= 15 is 0 Å². The van der Waals surface area contributed by atoms with Gasteiger partial charge in [-0.3, -0.25) is 4.79 Å². The van der Waals surface area contributed by atoms with E-state index in [-0.39, 0.29) is 5.91 Å². The Morgan fingerprint density at radius 2 is 2.05 bits per heavy atom. The van der Waals surface area contributed by atoms with Crippen LogP contribution >= 0.6 is 0 Å². The second-order valence-electron chi connectivity index (χ2n) is 5.37. The van der Waals surface area contributed by atoms with Crippen LogP contribution in [0.5, 0.6) is 0 Å². The average molecular weight is 276 g/mol. The number of amides is 1. The van der Waals surface area contributed by atoms with Crippen molar-refractivity contribution in [3.8, 4) is 0 Å². The van der Waals surface area contributed by atoms with E-state index in [0.29, 0.717) is 19.5 Å². The highest BCUT2D eigenvalue weighted by molar-refractivity contribution is 5.78. The summed E-state index contributed by atoms with van der Waals surface area (Å²) in [6.07, 6.45) is 3.90. The van der Waals surface area contributed by atoms with Gasteiger partial charge in [0.1, 0.15) is 0 Å². The van der Waals surface area contributed by atoms with E-state index in [1.165, 1.54) is 12.8 Å². The van der Waals surface area contributed by atoms with Crippen LogP contribution in [0.1, 0.15) is 30.4 Å². The SMILES string of the molecule is NCc1ccccc1CC(=O)NCCCOCC1CC1. The van der Waals surface area contributed by atoms with Crippen LogP contribution in [-0.2, 0) is 22.5 Å². The fourth-order valence-corrected chi connectivity index (χ4v) is 2.10. The standard InChI is InChI=1S/C16H24N2O2/c17-11-15-5-2-1-4-14(15)10-16(19)18-8-3-9-20-12-13-6-7-13/h1-2,4-5,13H,3,6-12,17H2,(H,18,19). The lowest BCUT2D eigenvalue weighted by molar-refractivity contribution is -0.120. The highest BCUT2D eigenvalue weighted by Crippen LogP contribution is 2.28. The average Bonchev–Trinajstić information content (AvgIpc) is 3.27. The number of hydrogen-bond donors (Lipinski definition) is 2. The molecule has 1 aromatic rings. The number of hydrogen-bond acceptors (Lipinski definition) is 3. The number of carbonyl (C=O) groups is 1. The van der Waals surface area contributed by atoms with Crippen molar-refractivity contribution >= 4 is 5.91 Å². The van der Waals surface area contributed by atoms with Crippen LogP contribution in [0.25, 0.3) is 0 Å². The third-order valence-electron chi connectivity index (χ3n) is 3.53. The number of benzene rings is 1. The molecule has 110 valence electrons. The van der Waals surface area contributed by atoms with Crippen LogP contribution in [0.4, 0.5) is 0 Å². The topological polar surface area (TPSA) is 64.4 Å². The van der Waals surface area contributed by atoms with Crippen LogP contribution in [-0.4, -0.2) is 25.7 Å². The minimum Gasteiger partial charge on any atom is -0.381 e. The summed E-state index contributed by atoms with van der Waals surface area (Å²) < 4.78 is 5.53. The van der Waals surface area contributed by atoms with E-state index in [2.05, 4.69) is 5.32 Å². The van der Waals surface area contributed by atoms with Crippen LogP contribution in [0.15, 0.2) is 24.3 Å². The molecule has 0 atom stereocenters. The molecule has 4 nitrogen and oxygen atoms in total.